The van der Waals surface area contributed by atoms with Crippen LogP contribution < -0.4 is 24.2 Å². The lowest BCUT2D eigenvalue weighted by molar-refractivity contribution is 0.154. The van der Waals surface area contributed by atoms with Crippen LogP contribution in [0.4, 0.5) is 17.3 Å². The summed E-state index contributed by atoms with van der Waals surface area (Å²) in [6.45, 7) is 1.87. The van der Waals surface area contributed by atoms with Gasteiger partial charge in [-0.2, -0.15) is 8.42 Å². The third-order valence-electron chi connectivity index (χ3n) is 5.28. The number of methoxy groups -OCH3 is 2. The number of hydrogen-bond acceptors (Lipinski definition) is 10. The number of para-hydroxylation sites is 2. The molecule has 2 aromatic carbocycles. The number of imidazole rings is 1. The Morgan fingerprint density at radius 2 is 1.78 bits per heavy atom. The normalized spacial score (nSPS) is 12.2. The summed E-state index contributed by atoms with van der Waals surface area (Å²) in [7, 11) is 0.600. The zero-order valence-corrected chi connectivity index (χ0v) is 21.6. The molecule has 196 valence electrons. The van der Waals surface area contributed by atoms with Crippen LogP contribution in [0.2, 0.25) is 0 Å². The van der Waals surface area contributed by atoms with E-state index in [2.05, 4.69) is 25.0 Å². The number of aliphatic hydroxyl groups is 1. The van der Waals surface area contributed by atoms with Gasteiger partial charge in [-0.1, -0.05) is 12.1 Å². The van der Waals surface area contributed by atoms with Gasteiger partial charge in [-0.25, -0.2) is 15.0 Å². The summed E-state index contributed by atoms with van der Waals surface area (Å²) >= 11 is 0. The second kappa shape index (κ2) is 10.9. The molecule has 2 heterocycles. The predicted molar refractivity (Wildman–Crippen MR) is 138 cm³/mol. The van der Waals surface area contributed by atoms with Gasteiger partial charge < -0.3 is 29.2 Å². The maximum absolute atomic E-state index is 13.1. The van der Waals surface area contributed by atoms with Crippen LogP contribution in [0.3, 0.4) is 0 Å². The smallest absolute Gasteiger partial charge is 0.282 e. The van der Waals surface area contributed by atoms with Crippen molar-refractivity contribution in [3.05, 3.63) is 48.9 Å². The monoisotopic (exact) mass is 528 g/mol. The summed E-state index contributed by atoms with van der Waals surface area (Å²) < 4.78 is 47.0. The van der Waals surface area contributed by atoms with Crippen LogP contribution in [0.15, 0.2) is 53.9 Å². The Labute approximate surface area is 214 Å². The van der Waals surface area contributed by atoms with Crippen LogP contribution in [0.1, 0.15) is 13.3 Å². The lowest BCUT2D eigenvalue weighted by atomic mass is 10.2. The van der Waals surface area contributed by atoms with Crippen LogP contribution in [0, 0.1) is 0 Å². The molecule has 13 heteroatoms. The summed E-state index contributed by atoms with van der Waals surface area (Å²) in [4.78, 5) is 13.1. The Balaban J connectivity index is 1.80. The van der Waals surface area contributed by atoms with E-state index in [1.165, 1.54) is 31.3 Å². The molecule has 0 amide bonds. The van der Waals surface area contributed by atoms with Crippen molar-refractivity contribution in [2.24, 2.45) is 7.05 Å². The number of ether oxygens (including phenoxy) is 3. The van der Waals surface area contributed by atoms with Gasteiger partial charge in [0.05, 0.1) is 50.0 Å². The first-order valence-corrected chi connectivity index (χ1v) is 12.8. The van der Waals surface area contributed by atoms with Crippen molar-refractivity contribution in [2.45, 2.75) is 24.5 Å². The van der Waals surface area contributed by atoms with Crippen molar-refractivity contribution < 1.29 is 27.7 Å². The van der Waals surface area contributed by atoms with Crippen molar-refractivity contribution in [1.82, 2.24) is 19.5 Å². The van der Waals surface area contributed by atoms with Gasteiger partial charge in [-0.3, -0.25) is 4.72 Å². The molecule has 0 saturated carbocycles. The highest BCUT2D eigenvalue weighted by molar-refractivity contribution is 7.92. The SMILES string of the molecule is COc1cc(Nc2nc3ccccc3nc2NS(=O)(=O)c2cn(C)cn2)c(OCCC(C)O)c(OC)c1. The number of fused-ring (bicyclic) bond motifs is 1. The van der Waals surface area contributed by atoms with Crippen LogP contribution in [-0.4, -0.2) is 60.0 Å². The molecular formula is C24H28N6O6S. The summed E-state index contributed by atoms with van der Waals surface area (Å²) in [5, 5.41) is 12.6. The highest BCUT2D eigenvalue weighted by atomic mass is 32.2. The Kier molecular flexibility index (Phi) is 7.64. The van der Waals surface area contributed by atoms with E-state index >= 15 is 0 Å². The summed E-state index contributed by atoms with van der Waals surface area (Å²) in [5.74, 6) is 1.25. The maximum atomic E-state index is 13.1. The number of rotatable bonds is 11. The molecule has 0 bridgehead atoms. The number of hydrogen-bond donors (Lipinski definition) is 3. The quantitative estimate of drug-likeness (QED) is 0.265. The summed E-state index contributed by atoms with van der Waals surface area (Å²) in [6, 6.07) is 10.4. The third-order valence-corrected chi connectivity index (χ3v) is 6.50. The Bertz CT molecular complexity index is 1510. The highest BCUT2D eigenvalue weighted by Gasteiger charge is 2.23. The molecule has 0 fully saturated rings. The topological polar surface area (TPSA) is 150 Å². The Morgan fingerprint density at radius 1 is 1.08 bits per heavy atom. The second-order valence-corrected chi connectivity index (χ2v) is 9.84. The highest BCUT2D eigenvalue weighted by Crippen LogP contribution is 2.42. The third kappa shape index (κ3) is 6.01. The van der Waals surface area contributed by atoms with Crippen molar-refractivity contribution in [3.8, 4) is 17.2 Å². The molecule has 3 N–H and O–H groups in total. The number of aryl methyl sites for hydroxylation is 1. The number of anilines is 3. The van der Waals surface area contributed by atoms with E-state index in [0.29, 0.717) is 40.4 Å². The lowest BCUT2D eigenvalue weighted by Gasteiger charge is -2.19. The number of nitrogens with zero attached hydrogens (tertiary/aromatic N) is 4. The molecule has 0 radical (unpaired) electrons. The molecule has 0 aliphatic rings. The first kappa shape index (κ1) is 26.0. The molecule has 0 aliphatic carbocycles. The molecule has 37 heavy (non-hydrogen) atoms. The molecule has 0 spiro atoms. The first-order chi connectivity index (χ1) is 17.7. The molecule has 2 aromatic heterocycles. The summed E-state index contributed by atoms with van der Waals surface area (Å²) in [5.41, 5.74) is 1.42. The van der Waals surface area contributed by atoms with Crippen LogP contribution in [-0.2, 0) is 17.1 Å². The van der Waals surface area contributed by atoms with Gasteiger partial charge in [-0.15, -0.1) is 0 Å². The zero-order valence-electron chi connectivity index (χ0n) is 20.8. The number of nitrogens with one attached hydrogen (secondary N) is 2. The average Bonchev–Trinajstić information content (AvgIpc) is 3.32. The van der Waals surface area contributed by atoms with Crippen LogP contribution in [0.5, 0.6) is 17.2 Å². The largest absolute Gasteiger partial charge is 0.497 e. The van der Waals surface area contributed by atoms with Gasteiger partial charge >= 0.3 is 0 Å². The minimum Gasteiger partial charge on any atom is -0.497 e. The minimum atomic E-state index is -4.07. The Hall–Kier alpha value is -4.10. The van der Waals surface area contributed by atoms with Crippen molar-refractivity contribution >= 4 is 38.4 Å². The standard InChI is InChI=1S/C24H28N6O6S/c1-15(31)9-10-36-22-19(11-16(34-3)12-20(22)35-4)28-23-24(27-18-8-6-5-7-17(18)26-23)29-37(32,33)21-13-30(2)14-25-21/h5-8,11-15,31H,9-10H2,1-4H3,(H,26,28)(H,27,29). The molecule has 1 unspecified atom stereocenters. The van der Waals surface area contributed by atoms with Gasteiger partial charge in [0.15, 0.2) is 28.2 Å². The van der Waals surface area contributed by atoms with Crippen molar-refractivity contribution in [1.29, 1.82) is 0 Å². The minimum absolute atomic E-state index is 0.0407. The van der Waals surface area contributed by atoms with Gasteiger partial charge in [0.2, 0.25) is 0 Å². The van der Waals surface area contributed by atoms with Gasteiger partial charge in [0.1, 0.15) is 5.75 Å². The van der Waals surface area contributed by atoms with E-state index < -0.39 is 16.1 Å². The van der Waals surface area contributed by atoms with Gasteiger partial charge in [-0.05, 0) is 19.1 Å². The van der Waals surface area contributed by atoms with E-state index in [1.54, 1.807) is 50.4 Å². The molecule has 4 aromatic rings. The molecule has 12 nitrogen and oxygen atoms in total. The van der Waals surface area contributed by atoms with E-state index in [4.69, 9.17) is 14.2 Å². The molecule has 0 saturated heterocycles. The number of aromatic nitrogens is 4. The predicted octanol–water partition coefficient (Wildman–Crippen LogP) is 3.07. The van der Waals surface area contributed by atoms with Gasteiger partial charge in [0.25, 0.3) is 10.0 Å². The number of benzene rings is 2. The second-order valence-electron chi connectivity index (χ2n) is 8.21. The van der Waals surface area contributed by atoms with E-state index in [9.17, 15) is 13.5 Å². The van der Waals surface area contributed by atoms with Crippen LogP contribution >= 0.6 is 0 Å². The zero-order chi connectivity index (χ0) is 26.6. The number of sulfonamides is 1. The van der Waals surface area contributed by atoms with E-state index in [0.717, 1.165) is 0 Å². The molecular weight excluding hydrogens is 500 g/mol. The first-order valence-electron chi connectivity index (χ1n) is 11.3. The fourth-order valence-corrected chi connectivity index (χ4v) is 4.41. The molecule has 1 atom stereocenters. The fraction of sp³-hybridized carbons (Fsp3) is 0.292. The van der Waals surface area contributed by atoms with Crippen molar-refractivity contribution in [3.63, 3.8) is 0 Å². The molecule has 0 aliphatic heterocycles. The van der Waals surface area contributed by atoms with Gasteiger partial charge in [0, 0.05) is 31.8 Å². The van der Waals surface area contributed by atoms with E-state index in [-0.39, 0.29) is 23.3 Å². The fourth-order valence-electron chi connectivity index (χ4n) is 3.41. The van der Waals surface area contributed by atoms with Crippen LogP contribution in [0.25, 0.3) is 11.0 Å². The Morgan fingerprint density at radius 3 is 2.38 bits per heavy atom. The average molecular weight is 529 g/mol. The maximum Gasteiger partial charge on any atom is 0.282 e. The molecule has 4 rings (SSSR count). The van der Waals surface area contributed by atoms with Crippen molar-refractivity contribution in [2.75, 3.05) is 30.9 Å². The summed E-state index contributed by atoms with van der Waals surface area (Å²) in [6.07, 6.45) is 2.60. The van der Waals surface area contributed by atoms with E-state index in [1.807, 2.05) is 0 Å². The lowest BCUT2D eigenvalue weighted by Crippen LogP contribution is -2.16. The number of aliphatic hydroxyl groups excluding tert-OH is 1.